The third-order valence-electron chi connectivity index (χ3n) is 4.08. The van der Waals surface area contributed by atoms with Crippen LogP contribution in [0.25, 0.3) is 0 Å². The van der Waals surface area contributed by atoms with E-state index >= 15 is 0 Å². The smallest absolute Gasteiger partial charge is 0.126 e. The van der Waals surface area contributed by atoms with E-state index in [2.05, 4.69) is 12.4 Å². The van der Waals surface area contributed by atoms with Crippen molar-refractivity contribution in [3.05, 3.63) is 0 Å². The normalized spacial score (nSPS) is 46.1. The van der Waals surface area contributed by atoms with Gasteiger partial charge >= 0.3 is 0 Å². The molecule has 3 rings (SSSR count). The fourth-order valence-electron chi connectivity index (χ4n) is 2.77. The van der Waals surface area contributed by atoms with Crippen molar-refractivity contribution in [2.45, 2.75) is 44.1 Å². The van der Waals surface area contributed by atoms with Crippen LogP contribution in [0.5, 0.6) is 0 Å². The molecule has 0 heterocycles. The van der Waals surface area contributed by atoms with Gasteiger partial charge in [-0.25, -0.2) is 0 Å². The van der Waals surface area contributed by atoms with E-state index in [1.54, 1.807) is 0 Å². The van der Waals surface area contributed by atoms with Gasteiger partial charge in [-0.3, -0.25) is 0 Å². The lowest BCUT2D eigenvalue weighted by molar-refractivity contribution is -0.122. The van der Waals surface area contributed by atoms with Gasteiger partial charge in [0.15, 0.2) is 0 Å². The van der Waals surface area contributed by atoms with Crippen molar-refractivity contribution in [3.63, 3.8) is 0 Å². The first-order chi connectivity index (χ1) is 5.74. The minimum atomic E-state index is 0.0819. The van der Waals surface area contributed by atoms with Crippen molar-refractivity contribution in [2.75, 3.05) is 7.05 Å². The summed E-state index contributed by atoms with van der Waals surface area (Å²) in [4.78, 5) is 10.9. The maximum Gasteiger partial charge on any atom is 0.126 e. The molecule has 0 aromatic rings. The second-order valence-electron chi connectivity index (χ2n) is 4.51. The molecule has 3 aliphatic carbocycles. The minimum Gasteiger partial charge on any atom is -0.314 e. The van der Waals surface area contributed by atoms with E-state index in [-0.39, 0.29) is 5.41 Å². The molecule has 2 nitrogen and oxygen atoms in total. The zero-order chi connectivity index (χ0) is 8.66. The summed E-state index contributed by atoms with van der Waals surface area (Å²) >= 11 is 0. The highest BCUT2D eigenvalue weighted by molar-refractivity contribution is 5.60. The molecule has 0 atom stereocenters. The number of rotatable bonds is 2. The lowest BCUT2D eigenvalue weighted by Crippen LogP contribution is -2.53. The van der Waals surface area contributed by atoms with Gasteiger partial charge < -0.3 is 10.1 Å². The maximum atomic E-state index is 10.9. The molecule has 3 fully saturated rings. The van der Waals surface area contributed by atoms with Gasteiger partial charge in [0.25, 0.3) is 0 Å². The molecule has 0 saturated heterocycles. The molecule has 12 heavy (non-hydrogen) atoms. The highest BCUT2D eigenvalue weighted by Gasteiger charge is 2.47. The van der Waals surface area contributed by atoms with Gasteiger partial charge in [-0.15, -0.1) is 0 Å². The summed E-state index contributed by atoms with van der Waals surface area (Å²) in [5.41, 5.74) is 0.476. The molecule has 0 aliphatic heterocycles. The summed E-state index contributed by atoms with van der Waals surface area (Å²) in [7, 11) is 2.05. The molecule has 0 amide bonds. The number of fused-ring (bicyclic) bond motifs is 3. The van der Waals surface area contributed by atoms with Crippen molar-refractivity contribution in [2.24, 2.45) is 5.41 Å². The monoisotopic (exact) mass is 167 g/mol. The van der Waals surface area contributed by atoms with E-state index in [1.165, 1.54) is 25.5 Å². The minimum absolute atomic E-state index is 0.0819. The lowest BCUT2D eigenvalue weighted by Gasteiger charge is -2.51. The summed E-state index contributed by atoms with van der Waals surface area (Å²) in [6.07, 6.45) is 8.13. The third kappa shape index (κ3) is 1.01. The van der Waals surface area contributed by atoms with E-state index in [4.69, 9.17) is 0 Å². The van der Waals surface area contributed by atoms with Gasteiger partial charge in [0.05, 0.1) is 0 Å². The van der Waals surface area contributed by atoms with Crippen LogP contribution in [0.3, 0.4) is 0 Å². The average molecular weight is 167 g/mol. The van der Waals surface area contributed by atoms with Crippen LogP contribution in [-0.2, 0) is 4.79 Å². The number of hydrogen-bond donors (Lipinski definition) is 1. The highest BCUT2D eigenvalue weighted by atomic mass is 16.1. The van der Waals surface area contributed by atoms with Gasteiger partial charge in [-0.1, -0.05) is 0 Å². The third-order valence-corrected chi connectivity index (χ3v) is 4.08. The van der Waals surface area contributed by atoms with E-state index in [0.717, 1.165) is 19.3 Å². The van der Waals surface area contributed by atoms with Gasteiger partial charge in [-0.05, 0) is 45.6 Å². The molecular weight excluding hydrogens is 150 g/mol. The quantitative estimate of drug-likeness (QED) is 0.631. The molecule has 0 aromatic carbocycles. The summed E-state index contributed by atoms with van der Waals surface area (Å²) in [5.74, 6) is 0. The fraction of sp³-hybridized carbons (Fsp3) is 0.900. The second-order valence-corrected chi connectivity index (χ2v) is 4.51. The van der Waals surface area contributed by atoms with Gasteiger partial charge in [0.2, 0.25) is 0 Å². The summed E-state index contributed by atoms with van der Waals surface area (Å²) in [6, 6.07) is 0. The molecule has 0 aromatic heterocycles. The van der Waals surface area contributed by atoms with Crippen LogP contribution in [0.4, 0.5) is 0 Å². The van der Waals surface area contributed by atoms with Gasteiger partial charge in [0.1, 0.15) is 6.29 Å². The lowest BCUT2D eigenvalue weighted by atomic mass is 9.58. The van der Waals surface area contributed by atoms with Crippen molar-refractivity contribution < 1.29 is 4.79 Å². The Bertz CT molecular complexity index is 175. The van der Waals surface area contributed by atoms with Crippen LogP contribution in [0.15, 0.2) is 0 Å². The first kappa shape index (κ1) is 8.24. The molecule has 2 heteroatoms. The molecule has 3 aliphatic rings. The van der Waals surface area contributed by atoms with Crippen LogP contribution in [-0.4, -0.2) is 18.9 Å². The van der Waals surface area contributed by atoms with Crippen LogP contribution < -0.4 is 5.32 Å². The molecular formula is C10H17NO. The highest BCUT2D eigenvalue weighted by Crippen LogP contribution is 2.50. The fourth-order valence-corrected chi connectivity index (χ4v) is 2.77. The molecule has 0 radical (unpaired) electrons. The Morgan fingerprint density at radius 3 is 1.92 bits per heavy atom. The molecule has 0 spiro atoms. The van der Waals surface area contributed by atoms with E-state index in [9.17, 15) is 4.79 Å². The Hall–Kier alpha value is -0.370. The Morgan fingerprint density at radius 1 is 1.08 bits per heavy atom. The summed E-state index contributed by atoms with van der Waals surface area (Å²) in [5, 5.41) is 3.43. The molecule has 68 valence electrons. The van der Waals surface area contributed by atoms with Crippen LogP contribution in [0.1, 0.15) is 38.5 Å². The van der Waals surface area contributed by atoms with Crippen molar-refractivity contribution in [1.29, 1.82) is 0 Å². The standard InChI is InChI=1S/C10H17NO/c1-11-10-5-2-9(8-12,3-6-10)4-7-10/h8,11H,2-7H2,1H3. The largest absolute Gasteiger partial charge is 0.314 e. The Balaban J connectivity index is 2.14. The Labute approximate surface area is 73.7 Å². The number of nitrogens with one attached hydrogen (secondary N) is 1. The predicted octanol–water partition coefficient (Wildman–Crippen LogP) is 1.50. The first-order valence-electron chi connectivity index (χ1n) is 4.90. The first-order valence-corrected chi connectivity index (χ1v) is 4.90. The zero-order valence-corrected chi connectivity index (χ0v) is 7.73. The summed E-state index contributed by atoms with van der Waals surface area (Å²) < 4.78 is 0. The topological polar surface area (TPSA) is 29.1 Å². The molecule has 0 unspecified atom stereocenters. The van der Waals surface area contributed by atoms with Crippen LogP contribution in [0.2, 0.25) is 0 Å². The van der Waals surface area contributed by atoms with Crippen molar-refractivity contribution in [3.8, 4) is 0 Å². The van der Waals surface area contributed by atoms with E-state index < -0.39 is 0 Å². The predicted molar refractivity (Wildman–Crippen MR) is 48.0 cm³/mol. The summed E-state index contributed by atoms with van der Waals surface area (Å²) in [6.45, 7) is 0. The van der Waals surface area contributed by atoms with E-state index in [1.807, 2.05) is 0 Å². The Kier molecular flexibility index (Phi) is 1.76. The number of carbonyl (C=O) groups is 1. The van der Waals surface area contributed by atoms with E-state index in [0.29, 0.717) is 5.54 Å². The SMILES string of the molecule is CNC12CCC(C=O)(CC1)CC2. The van der Waals surface area contributed by atoms with Crippen molar-refractivity contribution in [1.82, 2.24) is 5.32 Å². The van der Waals surface area contributed by atoms with Gasteiger partial charge in [0, 0.05) is 11.0 Å². The molecule has 2 bridgehead atoms. The number of carbonyl (C=O) groups excluding carboxylic acids is 1. The number of aldehydes is 1. The average Bonchev–Trinajstić information content (AvgIpc) is 2.21. The van der Waals surface area contributed by atoms with Crippen LogP contribution in [0, 0.1) is 5.41 Å². The maximum absolute atomic E-state index is 10.9. The van der Waals surface area contributed by atoms with Crippen LogP contribution >= 0.6 is 0 Å². The Morgan fingerprint density at radius 2 is 1.58 bits per heavy atom. The van der Waals surface area contributed by atoms with Gasteiger partial charge in [-0.2, -0.15) is 0 Å². The second kappa shape index (κ2) is 2.56. The van der Waals surface area contributed by atoms with Crippen molar-refractivity contribution >= 4 is 6.29 Å². The molecule has 3 saturated carbocycles. The molecule has 1 N–H and O–H groups in total. The zero-order valence-electron chi connectivity index (χ0n) is 7.73. The number of hydrogen-bond acceptors (Lipinski definition) is 2.